The average molecular weight is 412 g/mol. The molecule has 1 aliphatic heterocycles. The molecular formula is C22H24N2O6. The third kappa shape index (κ3) is 6.05. The summed E-state index contributed by atoms with van der Waals surface area (Å²) >= 11 is 0. The molecule has 2 N–H and O–H groups in total. The van der Waals surface area contributed by atoms with Crippen molar-refractivity contribution in [1.82, 2.24) is 5.32 Å². The first-order valence-electron chi connectivity index (χ1n) is 9.69. The zero-order chi connectivity index (χ0) is 21.3. The molecule has 30 heavy (non-hydrogen) atoms. The summed E-state index contributed by atoms with van der Waals surface area (Å²) in [5.41, 5.74) is 1.30. The number of anilines is 1. The van der Waals surface area contributed by atoms with E-state index in [2.05, 4.69) is 10.6 Å². The summed E-state index contributed by atoms with van der Waals surface area (Å²) in [7, 11) is 1.54. The number of amides is 2. The Hall–Kier alpha value is -3.39. The number of benzene rings is 2. The Morgan fingerprint density at radius 3 is 2.37 bits per heavy atom. The van der Waals surface area contributed by atoms with Crippen LogP contribution in [0, 0.1) is 0 Å². The Labute approximate surface area is 174 Å². The van der Waals surface area contributed by atoms with Gasteiger partial charge in [0, 0.05) is 24.9 Å². The van der Waals surface area contributed by atoms with Crippen LogP contribution in [0.5, 0.6) is 5.75 Å². The molecule has 8 nitrogen and oxygen atoms in total. The molecule has 158 valence electrons. The molecule has 0 unspecified atom stereocenters. The Morgan fingerprint density at radius 2 is 1.73 bits per heavy atom. The number of rotatable bonds is 8. The van der Waals surface area contributed by atoms with Crippen LogP contribution in [0.4, 0.5) is 5.69 Å². The molecular weight excluding hydrogens is 388 g/mol. The molecule has 2 amide bonds. The quantitative estimate of drug-likeness (QED) is 0.646. The number of hydrogen-bond acceptors (Lipinski definition) is 6. The molecule has 2 aromatic rings. The Balaban J connectivity index is 1.42. The normalized spacial score (nSPS) is 15.3. The highest BCUT2D eigenvalue weighted by Gasteiger charge is 2.16. The van der Waals surface area contributed by atoms with Crippen LogP contribution >= 0.6 is 0 Å². The molecule has 1 saturated heterocycles. The van der Waals surface area contributed by atoms with Crippen molar-refractivity contribution in [3.8, 4) is 5.75 Å². The summed E-state index contributed by atoms with van der Waals surface area (Å²) in [4.78, 5) is 35.6. The minimum absolute atomic E-state index is 0.119. The van der Waals surface area contributed by atoms with Gasteiger partial charge in [-0.05, 0) is 61.4 Å². The summed E-state index contributed by atoms with van der Waals surface area (Å²) in [5.74, 6) is -0.663. The van der Waals surface area contributed by atoms with Crippen LogP contribution in [0.15, 0.2) is 48.5 Å². The molecule has 0 spiro atoms. The van der Waals surface area contributed by atoms with E-state index in [9.17, 15) is 14.4 Å². The van der Waals surface area contributed by atoms with Gasteiger partial charge in [0.1, 0.15) is 12.4 Å². The van der Waals surface area contributed by atoms with E-state index in [1.807, 2.05) is 0 Å². The highest BCUT2D eigenvalue weighted by Crippen LogP contribution is 2.17. The van der Waals surface area contributed by atoms with Crippen LogP contribution in [0.25, 0.3) is 0 Å². The average Bonchev–Trinajstić information content (AvgIpc) is 3.30. The van der Waals surface area contributed by atoms with E-state index in [0.29, 0.717) is 29.2 Å². The van der Waals surface area contributed by atoms with Crippen LogP contribution in [0.3, 0.4) is 0 Å². The fourth-order valence-electron chi connectivity index (χ4n) is 2.91. The molecule has 1 atom stereocenters. The Morgan fingerprint density at radius 1 is 1.03 bits per heavy atom. The number of carbonyl (C=O) groups excluding carboxylic acids is 3. The van der Waals surface area contributed by atoms with Gasteiger partial charge in [-0.15, -0.1) is 0 Å². The van der Waals surface area contributed by atoms with Crippen molar-refractivity contribution >= 4 is 23.5 Å². The zero-order valence-corrected chi connectivity index (χ0v) is 16.7. The van der Waals surface area contributed by atoms with Crippen LogP contribution < -0.4 is 15.4 Å². The monoisotopic (exact) mass is 412 g/mol. The fourth-order valence-corrected chi connectivity index (χ4v) is 2.91. The highest BCUT2D eigenvalue weighted by molar-refractivity contribution is 5.97. The van der Waals surface area contributed by atoms with Gasteiger partial charge in [-0.25, -0.2) is 4.79 Å². The third-order valence-corrected chi connectivity index (χ3v) is 4.54. The smallest absolute Gasteiger partial charge is 0.338 e. The molecule has 1 aliphatic rings. The zero-order valence-electron chi connectivity index (χ0n) is 16.7. The second kappa shape index (κ2) is 10.4. The molecule has 8 heteroatoms. The van der Waals surface area contributed by atoms with Crippen molar-refractivity contribution in [2.45, 2.75) is 18.9 Å². The van der Waals surface area contributed by atoms with Crippen molar-refractivity contribution < 1.29 is 28.6 Å². The van der Waals surface area contributed by atoms with Gasteiger partial charge in [0.2, 0.25) is 0 Å². The number of ether oxygens (including phenoxy) is 3. The lowest BCUT2D eigenvalue weighted by Gasteiger charge is -2.11. The van der Waals surface area contributed by atoms with Gasteiger partial charge in [-0.2, -0.15) is 0 Å². The van der Waals surface area contributed by atoms with Gasteiger partial charge in [0.15, 0.2) is 6.61 Å². The lowest BCUT2D eigenvalue weighted by molar-refractivity contribution is -0.119. The molecule has 1 heterocycles. The van der Waals surface area contributed by atoms with E-state index in [1.54, 1.807) is 55.6 Å². The second-order valence-corrected chi connectivity index (χ2v) is 6.75. The summed E-state index contributed by atoms with van der Waals surface area (Å²) < 4.78 is 16.2. The SMILES string of the molecule is CNC(=O)c1ccc(NC(=O)COC(=O)c2ccc(OC[C@@H]3CCCO3)cc2)cc1. The van der Waals surface area contributed by atoms with Crippen molar-refractivity contribution in [3.05, 3.63) is 59.7 Å². The summed E-state index contributed by atoms with van der Waals surface area (Å²) in [5, 5.41) is 5.12. The summed E-state index contributed by atoms with van der Waals surface area (Å²) in [6.07, 6.45) is 2.16. The third-order valence-electron chi connectivity index (χ3n) is 4.54. The van der Waals surface area contributed by atoms with Crippen molar-refractivity contribution in [1.29, 1.82) is 0 Å². The maximum atomic E-state index is 12.1. The highest BCUT2D eigenvalue weighted by atomic mass is 16.5. The van der Waals surface area contributed by atoms with Crippen molar-refractivity contribution in [3.63, 3.8) is 0 Å². The topological polar surface area (TPSA) is 103 Å². The van der Waals surface area contributed by atoms with E-state index < -0.39 is 18.5 Å². The minimum Gasteiger partial charge on any atom is -0.491 e. The molecule has 1 fully saturated rings. The van der Waals surface area contributed by atoms with E-state index in [-0.39, 0.29) is 12.0 Å². The lowest BCUT2D eigenvalue weighted by atomic mass is 10.2. The van der Waals surface area contributed by atoms with E-state index in [0.717, 1.165) is 19.4 Å². The second-order valence-electron chi connectivity index (χ2n) is 6.75. The Bertz CT molecular complexity index is 874. The predicted octanol–water partition coefficient (Wildman–Crippen LogP) is 2.40. The molecule has 2 aromatic carbocycles. The van der Waals surface area contributed by atoms with E-state index in [1.165, 1.54) is 0 Å². The van der Waals surface area contributed by atoms with Gasteiger partial charge in [-0.1, -0.05) is 0 Å². The largest absolute Gasteiger partial charge is 0.491 e. The van der Waals surface area contributed by atoms with E-state index in [4.69, 9.17) is 14.2 Å². The lowest BCUT2D eigenvalue weighted by Crippen LogP contribution is -2.21. The van der Waals surface area contributed by atoms with Gasteiger partial charge in [0.25, 0.3) is 11.8 Å². The van der Waals surface area contributed by atoms with Gasteiger partial charge in [-0.3, -0.25) is 9.59 Å². The van der Waals surface area contributed by atoms with Crippen LogP contribution in [0.2, 0.25) is 0 Å². The molecule has 0 aliphatic carbocycles. The van der Waals surface area contributed by atoms with Crippen LogP contribution in [0.1, 0.15) is 33.6 Å². The fraction of sp³-hybridized carbons (Fsp3) is 0.318. The standard InChI is InChI=1S/C22H24N2O6/c1-23-21(26)15-4-8-17(9-5-15)24-20(25)14-30-22(27)16-6-10-18(11-7-16)29-13-19-3-2-12-28-19/h4-11,19H,2-3,12-14H2,1H3,(H,23,26)(H,24,25)/t19-/m0/s1. The van der Waals surface area contributed by atoms with E-state index >= 15 is 0 Å². The molecule has 0 bridgehead atoms. The number of carbonyl (C=O) groups is 3. The first-order valence-corrected chi connectivity index (χ1v) is 9.69. The Kier molecular flexibility index (Phi) is 7.40. The van der Waals surface area contributed by atoms with Crippen LogP contribution in [-0.4, -0.2) is 50.8 Å². The first-order chi connectivity index (χ1) is 14.5. The summed E-state index contributed by atoms with van der Waals surface area (Å²) in [6.45, 7) is 0.828. The maximum absolute atomic E-state index is 12.1. The number of esters is 1. The predicted molar refractivity (Wildman–Crippen MR) is 110 cm³/mol. The molecule has 0 aromatic heterocycles. The van der Waals surface area contributed by atoms with Gasteiger partial charge < -0.3 is 24.8 Å². The van der Waals surface area contributed by atoms with Gasteiger partial charge >= 0.3 is 5.97 Å². The number of hydrogen-bond donors (Lipinski definition) is 2. The molecule has 3 rings (SSSR count). The van der Waals surface area contributed by atoms with Crippen molar-refractivity contribution in [2.24, 2.45) is 0 Å². The number of nitrogens with one attached hydrogen (secondary N) is 2. The van der Waals surface area contributed by atoms with Crippen LogP contribution in [-0.2, 0) is 14.3 Å². The maximum Gasteiger partial charge on any atom is 0.338 e. The molecule has 0 radical (unpaired) electrons. The van der Waals surface area contributed by atoms with Gasteiger partial charge in [0.05, 0.1) is 11.7 Å². The summed E-state index contributed by atoms with van der Waals surface area (Å²) in [6, 6.07) is 12.9. The van der Waals surface area contributed by atoms with Crippen molar-refractivity contribution in [2.75, 3.05) is 32.2 Å². The minimum atomic E-state index is -0.606. The molecule has 0 saturated carbocycles. The first kappa shape index (κ1) is 21.3.